The van der Waals surface area contributed by atoms with E-state index in [0.717, 1.165) is 31.5 Å². The highest BCUT2D eigenvalue weighted by molar-refractivity contribution is 5.78. The highest BCUT2D eigenvalue weighted by Crippen LogP contribution is 2.43. The molecule has 0 radical (unpaired) electrons. The average Bonchev–Trinajstić information content (AvgIpc) is 2.99. The number of hydrogen-bond donors (Lipinski definition) is 2. The van der Waals surface area contributed by atoms with Crippen LogP contribution in [-0.4, -0.2) is 38.3 Å². The predicted molar refractivity (Wildman–Crippen MR) is 75.5 cm³/mol. The van der Waals surface area contributed by atoms with Gasteiger partial charge in [-0.1, -0.05) is 12.8 Å². The summed E-state index contributed by atoms with van der Waals surface area (Å²) < 4.78 is 1.81. The Morgan fingerprint density at radius 2 is 2.10 bits per heavy atom. The van der Waals surface area contributed by atoms with E-state index in [9.17, 15) is 9.59 Å². The first-order chi connectivity index (χ1) is 10.0. The molecular formula is C14H22N4O3. The summed E-state index contributed by atoms with van der Waals surface area (Å²) in [5, 5.41) is 19.6. The lowest BCUT2D eigenvalue weighted by molar-refractivity contribution is -0.140. The Kier molecular flexibility index (Phi) is 4.93. The van der Waals surface area contributed by atoms with Gasteiger partial charge in [0.2, 0.25) is 5.91 Å². The third-order valence-corrected chi connectivity index (χ3v) is 4.20. The van der Waals surface area contributed by atoms with E-state index in [-0.39, 0.29) is 17.7 Å². The lowest BCUT2D eigenvalue weighted by atomic mass is 9.79. The first-order valence-corrected chi connectivity index (χ1v) is 7.32. The fraction of sp³-hybridized carbons (Fsp3) is 0.714. The highest BCUT2D eigenvalue weighted by Gasteiger charge is 2.37. The second-order valence-corrected chi connectivity index (χ2v) is 5.91. The van der Waals surface area contributed by atoms with Crippen molar-refractivity contribution in [1.82, 2.24) is 20.1 Å². The van der Waals surface area contributed by atoms with Crippen molar-refractivity contribution in [2.24, 2.45) is 12.5 Å². The van der Waals surface area contributed by atoms with E-state index in [1.165, 1.54) is 0 Å². The molecule has 1 aliphatic carbocycles. The number of carboxylic acid groups (broad SMARTS) is 1. The molecule has 7 heteroatoms. The van der Waals surface area contributed by atoms with Gasteiger partial charge in [-0.05, 0) is 18.3 Å². The minimum absolute atomic E-state index is 0.0691. The molecule has 0 spiro atoms. The number of aliphatic carboxylic acids is 1. The van der Waals surface area contributed by atoms with Gasteiger partial charge in [0, 0.05) is 26.4 Å². The summed E-state index contributed by atoms with van der Waals surface area (Å²) in [6.45, 7) is 0.495. The van der Waals surface area contributed by atoms with Crippen LogP contribution in [0, 0.1) is 5.41 Å². The largest absolute Gasteiger partial charge is 0.481 e. The minimum Gasteiger partial charge on any atom is -0.481 e. The number of rotatable bonds is 7. The fourth-order valence-corrected chi connectivity index (χ4v) is 3.11. The molecule has 0 unspecified atom stereocenters. The van der Waals surface area contributed by atoms with Crippen LogP contribution < -0.4 is 5.32 Å². The van der Waals surface area contributed by atoms with E-state index in [4.69, 9.17) is 5.11 Å². The molecule has 0 aliphatic heterocycles. The van der Waals surface area contributed by atoms with Gasteiger partial charge < -0.3 is 15.0 Å². The van der Waals surface area contributed by atoms with Crippen LogP contribution in [0.25, 0.3) is 0 Å². The van der Waals surface area contributed by atoms with Crippen LogP contribution in [0.3, 0.4) is 0 Å². The second kappa shape index (κ2) is 6.69. The van der Waals surface area contributed by atoms with Crippen molar-refractivity contribution in [3.05, 3.63) is 12.2 Å². The zero-order valence-corrected chi connectivity index (χ0v) is 12.3. The Morgan fingerprint density at radius 1 is 1.38 bits per heavy atom. The molecular weight excluding hydrogens is 272 g/mol. The minimum atomic E-state index is -0.816. The summed E-state index contributed by atoms with van der Waals surface area (Å²) in [5.74, 6) is -0.0690. The smallest absolute Gasteiger partial charge is 0.303 e. The van der Waals surface area contributed by atoms with Crippen LogP contribution >= 0.6 is 0 Å². The van der Waals surface area contributed by atoms with Crippen LogP contribution in [0.4, 0.5) is 0 Å². The van der Waals surface area contributed by atoms with Crippen molar-refractivity contribution in [2.75, 3.05) is 6.54 Å². The van der Waals surface area contributed by atoms with Crippen molar-refractivity contribution in [3.63, 3.8) is 0 Å². The summed E-state index contributed by atoms with van der Waals surface area (Å²) in [6.07, 6.45) is 6.32. The molecule has 1 amide bonds. The van der Waals surface area contributed by atoms with Crippen LogP contribution in [0.5, 0.6) is 0 Å². The van der Waals surface area contributed by atoms with Crippen molar-refractivity contribution in [2.45, 2.75) is 44.9 Å². The summed E-state index contributed by atoms with van der Waals surface area (Å²) in [4.78, 5) is 23.1. The molecule has 1 aromatic heterocycles. The van der Waals surface area contributed by atoms with E-state index in [1.807, 2.05) is 11.6 Å². The van der Waals surface area contributed by atoms with Crippen molar-refractivity contribution in [1.29, 1.82) is 0 Å². The third-order valence-electron chi connectivity index (χ3n) is 4.20. The Hall–Kier alpha value is -1.92. The van der Waals surface area contributed by atoms with Crippen molar-refractivity contribution in [3.8, 4) is 0 Å². The number of nitrogens with zero attached hydrogens (tertiary/aromatic N) is 3. The standard InChI is InChI=1S/C14H22N4O3/c1-18-10-16-17-11(18)4-7-15-12(19)8-14(9-13(20)21)5-2-3-6-14/h10H,2-9H2,1H3,(H,15,19)(H,20,21). The normalized spacial score (nSPS) is 16.8. The molecule has 1 fully saturated rings. The molecule has 1 saturated carbocycles. The summed E-state index contributed by atoms with van der Waals surface area (Å²) in [6, 6.07) is 0. The number of carbonyl (C=O) groups excluding carboxylic acids is 1. The monoisotopic (exact) mass is 294 g/mol. The Morgan fingerprint density at radius 3 is 2.67 bits per heavy atom. The van der Waals surface area contributed by atoms with E-state index >= 15 is 0 Å². The fourth-order valence-electron chi connectivity index (χ4n) is 3.11. The van der Waals surface area contributed by atoms with Gasteiger partial charge in [0.1, 0.15) is 12.2 Å². The molecule has 2 N–H and O–H groups in total. The van der Waals surface area contributed by atoms with Gasteiger partial charge in [-0.2, -0.15) is 0 Å². The predicted octanol–water partition coefficient (Wildman–Crippen LogP) is 0.899. The van der Waals surface area contributed by atoms with Gasteiger partial charge in [-0.25, -0.2) is 0 Å². The molecule has 0 saturated heterocycles. The summed E-state index contributed by atoms with van der Waals surface area (Å²) >= 11 is 0. The van der Waals surface area contributed by atoms with E-state index in [0.29, 0.717) is 19.4 Å². The number of amides is 1. The Bertz CT molecular complexity index is 506. The molecule has 21 heavy (non-hydrogen) atoms. The molecule has 0 atom stereocenters. The summed E-state index contributed by atoms with van der Waals surface area (Å²) in [7, 11) is 1.86. The van der Waals surface area contributed by atoms with Crippen LogP contribution in [0.1, 0.15) is 44.3 Å². The first-order valence-electron chi connectivity index (χ1n) is 7.32. The van der Waals surface area contributed by atoms with Crippen molar-refractivity contribution >= 4 is 11.9 Å². The molecule has 116 valence electrons. The molecule has 1 aromatic rings. The van der Waals surface area contributed by atoms with Gasteiger partial charge in [0.25, 0.3) is 0 Å². The van der Waals surface area contributed by atoms with Crippen LogP contribution in [0.2, 0.25) is 0 Å². The topological polar surface area (TPSA) is 97.1 Å². The van der Waals surface area contributed by atoms with Crippen molar-refractivity contribution < 1.29 is 14.7 Å². The lowest BCUT2D eigenvalue weighted by Gasteiger charge is -2.26. The Balaban J connectivity index is 1.80. The number of aromatic nitrogens is 3. The number of carboxylic acids is 1. The number of hydrogen-bond acceptors (Lipinski definition) is 4. The molecule has 2 rings (SSSR count). The van der Waals surface area contributed by atoms with E-state index in [2.05, 4.69) is 15.5 Å². The second-order valence-electron chi connectivity index (χ2n) is 5.91. The SMILES string of the molecule is Cn1cnnc1CCNC(=O)CC1(CC(=O)O)CCCC1. The van der Waals surface area contributed by atoms with Gasteiger partial charge >= 0.3 is 5.97 Å². The number of aryl methyl sites for hydroxylation is 1. The maximum Gasteiger partial charge on any atom is 0.303 e. The molecule has 7 nitrogen and oxygen atoms in total. The van der Waals surface area contributed by atoms with Crippen LogP contribution in [0.15, 0.2) is 6.33 Å². The highest BCUT2D eigenvalue weighted by atomic mass is 16.4. The van der Waals surface area contributed by atoms with E-state index < -0.39 is 5.97 Å². The van der Waals surface area contributed by atoms with E-state index in [1.54, 1.807) is 6.33 Å². The molecule has 1 heterocycles. The molecule has 0 aromatic carbocycles. The molecule has 1 aliphatic rings. The maximum atomic E-state index is 12.1. The van der Waals surface area contributed by atoms with Gasteiger partial charge in [-0.15, -0.1) is 10.2 Å². The van der Waals surface area contributed by atoms with Gasteiger partial charge in [-0.3, -0.25) is 9.59 Å². The average molecular weight is 294 g/mol. The van der Waals surface area contributed by atoms with Gasteiger partial charge in [0.15, 0.2) is 0 Å². The van der Waals surface area contributed by atoms with Crippen LogP contribution in [-0.2, 0) is 23.1 Å². The zero-order chi connectivity index (χ0) is 15.3. The number of carbonyl (C=O) groups is 2. The lowest BCUT2D eigenvalue weighted by Crippen LogP contribution is -2.33. The molecule has 0 bridgehead atoms. The number of nitrogens with one attached hydrogen (secondary N) is 1. The Labute approximate surface area is 123 Å². The zero-order valence-electron chi connectivity index (χ0n) is 12.3. The quantitative estimate of drug-likeness (QED) is 0.778. The third kappa shape index (κ3) is 4.27. The maximum absolute atomic E-state index is 12.1. The summed E-state index contributed by atoms with van der Waals surface area (Å²) in [5.41, 5.74) is -0.347. The first kappa shape index (κ1) is 15.5. The van der Waals surface area contributed by atoms with Gasteiger partial charge in [0.05, 0.1) is 6.42 Å².